The summed E-state index contributed by atoms with van der Waals surface area (Å²) in [7, 11) is 0. The van der Waals surface area contributed by atoms with Crippen LogP contribution in [0.5, 0.6) is 5.75 Å². The van der Waals surface area contributed by atoms with Crippen molar-refractivity contribution >= 4 is 6.08 Å². The number of ether oxygens (including phenoxy) is 1. The number of nitrogens with one attached hydrogen (secondary N) is 1. The predicted octanol–water partition coefficient (Wildman–Crippen LogP) is 3.49. The van der Waals surface area contributed by atoms with Gasteiger partial charge in [-0.15, -0.1) is 0 Å². The monoisotopic (exact) mass is 233 g/mol. The Hall–Kier alpha value is -1.28. The molecule has 17 heavy (non-hydrogen) atoms. The van der Waals surface area contributed by atoms with Crippen LogP contribution in [0.25, 0.3) is 6.08 Å². The first-order chi connectivity index (χ1) is 8.24. The van der Waals surface area contributed by atoms with Crippen LogP contribution < -0.4 is 10.1 Å². The lowest BCUT2D eigenvalue weighted by Crippen LogP contribution is -2.23. The Morgan fingerprint density at radius 3 is 2.76 bits per heavy atom. The van der Waals surface area contributed by atoms with Gasteiger partial charge in [0.15, 0.2) is 0 Å². The second kappa shape index (κ2) is 7.91. The standard InChI is InChI=1S/C15H23NO/c1-4-17-15-11-6-5-9-14(15)10-7-8-12-16-13(2)3/h5-7,9-11,13,16H,4,8,12H2,1-3H3. The van der Waals surface area contributed by atoms with Crippen LogP contribution in [0.1, 0.15) is 32.8 Å². The lowest BCUT2D eigenvalue weighted by atomic mass is 10.1. The van der Waals surface area contributed by atoms with Gasteiger partial charge in [-0.05, 0) is 26.0 Å². The van der Waals surface area contributed by atoms with Crippen molar-refractivity contribution in [3.05, 3.63) is 35.9 Å². The second-order valence-corrected chi connectivity index (χ2v) is 4.27. The van der Waals surface area contributed by atoms with E-state index in [0.717, 1.165) is 24.3 Å². The molecule has 0 saturated carbocycles. The maximum absolute atomic E-state index is 5.57. The zero-order chi connectivity index (χ0) is 12.5. The summed E-state index contributed by atoms with van der Waals surface area (Å²) < 4.78 is 5.57. The van der Waals surface area contributed by atoms with Gasteiger partial charge in [-0.1, -0.05) is 44.2 Å². The molecule has 0 aliphatic rings. The first-order valence-corrected chi connectivity index (χ1v) is 6.35. The highest BCUT2D eigenvalue weighted by Crippen LogP contribution is 2.19. The third kappa shape index (κ3) is 5.55. The van der Waals surface area contributed by atoms with Gasteiger partial charge in [0, 0.05) is 11.6 Å². The van der Waals surface area contributed by atoms with Crippen LogP contribution in [-0.4, -0.2) is 19.2 Å². The zero-order valence-corrected chi connectivity index (χ0v) is 11.1. The highest BCUT2D eigenvalue weighted by molar-refractivity contribution is 5.57. The molecule has 2 nitrogen and oxygen atoms in total. The van der Waals surface area contributed by atoms with Gasteiger partial charge in [0.25, 0.3) is 0 Å². The Bertz CT molecular complexity index is 345. The lowest BCUT2D eigenvalue weighted by Gasteiger charge is -2.07. The van der Waals surface area contributed by atoms with E-state index in [1.165, 1.54) is 0 Å². The average molecular weight is 233 g/mol. The molecule has 0 bridgehead atoms. The van der Waals surface area contributed by atoms with E-state index in [1.54, 1.807) is 0 Å². The summed E-state index contributed by atoms with van der Waals surface area (Å²) in [6.45, 7) is 8.06. The molecule has 94 valence electrons. The summed E-state index contributed by atoms with van der Waals surface area (Å²) in [5, 5.41) is 3.39. The Balaban J connectivity index is 2.46. The van der Waals surface area contributed by atoms with Crippen molar-refractivity contribution in [3.8, 4) is 5.75 Å². The molecular weight excluding hydrogens is 210 g/mol. The highest BCUT2D eigenvalue weighted by Gasteiger charge is 1.97. The molecule has 0 saturated heterocycles. The molecule has 1 aromatic carbocycles. The highest BCUT2D eigenvalue weighted by atomic mass is 16.5. The maximum atomic E-state index is 5.57. The van der Waals surface area contributed by atoms with Crippen LogP contribution in [0.3, 0.4) is 0 Å². The molecule has 0 atom stereocenters. The molecule has 0 amide bonds. The Labute approximate surface area is 105 Å². The minimum Gasteiger partial charge on any atom is -0.493 e. The summed E-state index contributed by atoms with van der Waals surface area (Å²) in [6, 6.07) is 8.68. The summed E-state index contributed by atoms with van der Waals surface area (Å²) in [5.74, 6) is 0.961. The summed E-state index contributed by atoms with van der Waals surface area (Å²) in [5.41, 5.74) is 1.15. The summed E-state index contributed by atoms with van der Waals surface area (Å²) >= 11 is 0. The Kier molecular flexibility index (Phi) is 6.41. The normalized spacial score (nSPS) is 11.3. The van der Waals surface area contributed by atoms with E-state index in [0.29, 0.717) is 12.6 Å². The molecule has 1 rings (SSSR count). The minimum absolute atomic E-state index is 0.555. The topological polar surface area (TPSA) is 21.3 Å². The van der Waals surface area contributed by atoms with Crippen molar-refractivity contribution in [2.45, 2.75) is 33.2 Å². The fourth-order valence-electron chi connectivity index (χ4n) is 1.57. The van der Waals surface area contributed by atoms with Crippen LogP contribution in [0.2, 0.25) is 0 Å². The largest absolute Gasteiger partial charge is 0.493 e. The third-order valence-corrected chi connectivity index (χ3v) is 2.38. The number of hydrogen-bond acceptors (Lipinski definition) is 2. The van der Waals surface area contributed by atoms with Gasteiger partial charge in [0.2, 0.25) is 0 Å². The minimum atomic E-state index is 0.555. The van der Waals surface area contributed by atoms with E-state index in [2.05, 4.69) is 37.4 Å². The number of para-hydroxylation sites is 1. The molecule has 0 fully saturated rings. The molecule has 2 heteroatoms. The third-order valence-electron chi connectivity index (χ3n) is 2.38. The van der Waals surface area contributed by atoms with Gasteiger partial charge < -0.3 is 10.1 Å². The first-order valence-electron chi connectivity index (χ1n) is 6.35. The molecule has 0 spiro atoms. The van der Waals surface area contributed by atoms with Gasteiger partial charge in [0.1, 0.15) is 5.75 Å². The summed E-state index contributed by atoms with van der Waals surface area (Å²) in [4.78, 5) is 0. The fourth-order valence-corrected chi connectivity index (χ4v) is 1.57. The zero-order valence-electron chi connectivity index (χ0n) is 11.1. The first kappa shape index (κ1) is 13.8. The van der Waals surface area contributed by atoms with Crippen LogP contribution in [0, 0.1) is 0 Å². The molecule has 0 unspecified atom stereocenters. The quantitative estimate of drug-likeness (QED) is 0.728. The van der Waals surface area contributed by atoms with E-state index < -0.39 is 0 Å². The van der Waals surface area contributed by atoms with Gasteiger partial charge >= 0.3 is 0 Å². The van der Waals surface area contributed by atoms with Gasteiger partial charge in [-0.3, -0.25) is 0 Å². The van der Waals surface area contributed by atoms with Gasteiger partial charge in [-0.25, -0.2) is 0 Å². The van der Waals surface area contributed by atoms with E-state index in [4.69, 9.17) is 4.74 Å². The van der Waals surface area contributed by atoms with E-state index in [1.807, 2.05) is 25.1 Å². The van der Waals surface area contributed by atoms with Crippen molar-refractivity contribution in [1.29, 1.82) is 0 Å². The van der Waals surface area contributed by atoms with Crippen LogP contribution >= 0.6 is 0 Å². The molecule has 0 aliphatic heterocycles. The fraction of sp³-hybridized carbons (Fsp3) is 0.467. The SMILES string of the molecule is CCOc1ccccc1C=CCCNC(C)C. The van der Waals surface area contributed by atoms with Gasteiger partial charge in [-0.2, -0.15) is 0 Å². The molecule has 0 aliphatic carbocycles. The molecular formula is C15H23NO. The van der Waals surface area contributed by atoms with Crippen molar-refractivity contribution in [2.75, 3.05) is 13.2 Å². The summed E-state index contributed by atoms with van der Waals surface area (Å²) in [6.07, 6.45) is 5.36. The van der Waals surface area contributed by atoms with E-state index in [9.17, 15) is 0 Å². The predicted molar refractivity (Wildman–Crippen MR) is 74.4 cm³/mol. The van der Waals surface area contributed by atoms with Crippen LogP contribution in [0.15, 0.2) is 30.3 Å². The molecule has 0 aromatic heterocycles. The second-order valence-electron chi connectivity index (χ2n) is 4.27. The van der Waals surface area contributed by atoms with E-state index >= 15 is 0 Å². The van der Waals surface area contributed by atoms with Crippen molar-refractivity contribution in [2.24, 2.45) is 0 Å². The number of benzene rings is 1. The lowest BCUT2D eigenvalue weighted by molar-refractivity contribution is 0.339. The van der Waals surface area contributed by atoms with Gasteiger partial charge in [0.05, 0.1) is 6.61 Å². The van der Waals surface area contributed by atoms with Crippen molar-refractivity contribution < 1.29 is 4.74 Å². The van der Waals surface area contributed by atoms with Crippen molar-refractivity contribution in [1.82, 2.24) is 5.32 Å². The Morgan fingerprint density at radius 1 is 1.29 bits per heavy atom. The van der Waals surface area contributed by atoms with E-state index in [-0.39, 0.29) is 0 Å². The molecule has 0 radical (unpaired) electrons. The smallest absolute Gasteiger partial charge is 0.126 e. The molecule has 0 heterocycles. The maximum Gasteiger partial charge on any atom is 0.126 e. The number of hydrogen-bond donors (Lipinski definition) is 1. The van der Waals surface area contributed by atoms with Crippen LogP contribution in [0.4, 0.5) is 0 Å². The number of rotatable bonds is 7. The Morgan fingerprint density at radius 2 is 2.06 bits per heavy atom. The van der Waals surface area contributed by atoms with Crippen molar-refractivity contribution in [3.63, 3.8) is 0 Å². The van der Waals surface area contributed by atoms with Crippen LogP contribution in [-0.2, 0) is 0 Å². The molecule has 1 N–H and O–H groups in total. The average Bonchev–Trinajstić information content (AvgIpc) is 2.31. The molecule has 1 aromatic rings.